The Morgan fingerprint density at radius 1 is 1.17 bits per heavy atom. The molecule has 7 atom stereocenters. The van der Waals surface area contributed by atoms with Gasteiger partial charge >= 0.3 is 17.9 Å². The van der Waals surface area contributed by atoms with Crippen molar-refractivity contribution in [2.75, 3.05) is 11.5 Å². The third kappa shape index (κ3) is 4.49. The first kappa shape index (κ1) is 26.5. The molecule has 0 radical (unpaired) electrons. The van der Waals surface area contributed by atoms with Crippen molar-refractivity contribution >= 4 is 23.6 Å². The van der Waals surface area contributed by atoms with Gasteiger partial charge in [-0.25, -0.2) is 9.59 Å². The summed E-state index contributed by atoms with van der Waals surface area (Å²) in [5.41, 5.74) is 1.63. The topological polar surface area (TPSA) is 113 Å². The number of carboxylic acids is 1. The number of hydrogen-bond donors (Lipinski definition) is 2. The molecule has 8 nitrogen and oxygen atoms in total. The van der Waals surface area contributed by atoms with Crippen molar-refractivity contribution in [3.63, 3.8) is 0 Å². The minimum Gasteiger partial charge on any atom is -0.480 e. The van der Waals surface area contributed by atoms with Crippen LogP contribution in [-0.4, -0.2) is 53.1 Å². The zero-order valence-corrected chi connectivity index (χ0v) is 21.9. The van der Waals surface area contributed by atoms with Crippen LogP contribution in [0.1, 0.15) is 65.9 Å². The fourth-order valence-corrected chi connectivity index (χ4v) is 6.77. The van der Waals surface area contributed by atoms with Crippen LogP contribution in [0.15, 0.2) is 24.3 Å². The van der Waals surface area contributed by atoms with Gasteiger partial charge in [0.05, 0.1) is 5.92 Å². The number of esters is 2. The Kier molecular flexibility index (Phi) is 7.12. The maximum absolute atomic E-state index is 12.6. The van der Waals surface area contributed by atoms with Gasteiger partial charge in [0.2, 0.25) is 0 Å². The quantitative estimate of drug-likeness (QED) is 0.492. The van der Waals surface area contributed by atoms with Crippen LogP contribution >= 0.6 is 0 Å². The first-order valence-electron chi connectivity index (χ1n) is 13.0. The number of carbonyl (C=O) groups excluding carboxylic acids is 2. The van der Waals surface area contributed by atoms with Crippen LogP contribution in [0.2, 0.25) is 0 Å². The molecule has 36 heavy (non-hydrogen) atoms. The Hall–Kier alpha value is -2.61. The molecule has 2 fully saturated rings. The summed E-state index contributed by atoms with van der Waals surface area (Å²) in [4.78, 5) is 38.4. The molecule has 1 aromatic carbocycles. The van der Waals surface area contributed by atoms with Gasteiger partial charge in [-0.2, -0.15) is 0 Å². The summed E-state index contributed by atoms with van der Waals surface area (Å²) < 4.78 is 11.0. The Balaban J connectivity index is 1.29. The summed E-state index contributed by atoms with van der Waals surface area (Å²) in [5.74, 6) is -2.53. The molecule has 2 N–H and O–H groups in total. The number of aliphatic hydroxyl groups excluding tert-OH is 1. The van der Waals surface area contributed by atoms with E-state index in [0.717, 1.165) is 24.8 Å². The van der Waals surface area contributed by atoms with Crippen molar-refractivity contribution in [2.24, 2.45) is 28.6 Å². The molecular formula is C28H39NO7. The summed E-state index contributed by atoms with van der Waals surface area (Å²) in [5, 5.41) is 20.7. The van der Waals surface area contributed by atoms with Crippen LogP contribution in [0.5, 0.6) is 0 Å². The molecule has 2 saturated carbocycles. The van der Waals surface area contributed by atoms with Gasteiger partial charge in [0.25, 0.3) is 0 Å². The van der Waals surface area contributed by atoms with Crippen LogP contribution in [0.25, 0.3) is 0 Å². The minimum atomic E-state index is -1.09. The second-order valence-electron chi connectivity index (χ2n) is 11.8. The smallest absolute Gasteiger partial charge is 0.344 e. The predicted molar refractivity (Wildman–Crippen MR) is 133 cm³/mol. The van der Waals surface area contributed by atoms with Crippen LogP contribution in [0, 0.1) is 28.6 Å². The molecule has 4 rings (SSSR count). The molecule has 3 aliphatic rings. The Morgan fingerprint density at radius 3 is 2.47 bits per heavy atom. The Morgan fingerprint density at radius 2 is 1.86 bits per heavy atom. The van der Waals surface area contributed by atoms with Gasteiger partial charge in [-0.05, 0) is 48.6 Å². The van der Waals surface area contributed by atoms with E-state index < -0.39 is 48.6 Å². The van der Waals surface area contributed by atoms with Gasteiger partial charge in [-0.3, -0.25) is 4.79 Å². The molecule has 1 heterocycles. The number of benzene rings is 1. The van der Waals surface area contributed by atoms with Gasteiger partial charge in [-0.15, -0.1) is 0 Å². The van der Waals surface area contributed by atoms with E-state index in [1.807, 2.05) is 18.2 Å². The average Bonchev–Trinajstić information content (AvgIpc) is 3.38. The molecule has 2 bridgehead atoms. The molecular weight excluding hydrogens is 462 g/mol. The highest BCUT2D eigenvalue weighted by atomic mass is 16.6. The summed E-state index contributed by atoms with van der Waals surface area (Å²) >= 11 is 0. The van der Waals surface area contributed by atoms with Crippen molar-refractivity contribution in [1.82, 2.24) is 0 Å². The number of fused-ring (bicyclic) bond motifs is 3. The monoisotopic (exact) mass is 501 g/mol. The number of para-hydroxylation sites is 1. The van der Waals surface area contributed by atoms with E-state index in [4.69, 9.17) is 9.47 Å². The largest absolute Gasteiger partial charge is 0.480 e. The summed E-state index contributed by atoms with van der Waals surface area (Å²) in [6, 6.07) is 6.45. The van der Waals surface area contributed by atoms with Crippen molar-refractivity contribution in [1.29, 1.82) is 0 Å². The number of aliphatic carboxylic acids is 1. The van der Waals surface area contributed by atoms with Crippen LogP contribution in [-0.2, 0) is 30.3 Å². The standard InChI is InChI=1S/C28H39NO7/c1-16(24(31)29-20-9-7-6-8-18(20)13-21(29)25(32)33)12-17(2)26(34)35-15-23(30)36-22-14-19-10-11-28(22,5)27(19,3)4/h6-9,16-17,19,21-22,24,31H,10-15H2,1-5H3,(H,32,33)/t16-,17-,19?,21+,22?,24?,28?/m1/s1. The normalized spacial score (nSPS) is 30.4. The van der Waals surface area contributed by atoms with Crippen LogP contribution in [0.4, 0.5) is 5.69 Å². The van der Waals surface area contributed by atoms with Crippen LogP contribution in [0.3, 0.4) is 0 Å². The highest BCUT2D eigenvalue weighted by Crippen LogP contribution is 2.66. The summed E-state index contributed by atoms with van der Waals surface area (Å²) in [6.45, 7) is 9.71. The van der Waals surface area contributed by atoms with Gasteiger partial charge in [-0.1, -0.05) is 52.8 Å². The average molecular weight is 502 g/mol. The van der Waals surface area contributed by atoms with E-state index in [-0.39, 0.29) is 23.4 Å². The molecule has 0 saturated heterocycles. The molecule has 4 unspecified atom stereocenters. The van der Waals surface area contributed by atoms with Crippen molar-refractivity contribution in [3.8, 4) is 0 Å². The summed E-state index contributed by atoms with van der Waals surface area (Å²) in [6.07, 6.45) is 2.39. The molecule has 0 spiro atoms. The van der Waals surface area contributed by atoms with E-state index in [2.05, 4.69) is 20.8 Å². The number of ether oxygens (including phenoxy) is 2. The molecule has 0 aromatic heterocycles. The van der Waals surface area contributed by atoms with Gasteiger partial charge in [0.15, 0.2) is 6.61 Å². The number of anilines is 1. The van der Waals surface area contributed by atoms with Gasteiger partial charge < -0.3 is 24.6 Å². The lowest BCUT2D eigenvalue weighted by atomic mass is 9.70. The van der Waals surface area contributed by atoms with Gasteiger partial charge in [0.1, 0.15) is 18.4 Å². The highest BCUT2D eigenvalue weighted by molar-refractivity contribution is 5.82. The van der Waals surface area contributed by atoms with Crippen molar-refractivity contribution in [2.45, 2.75) is 85.1 Å². The number of rotatable bonds is 9. The van der Waals surface area contributed by atoms with Crippen LogP contribution < -0.4 is 4.90 Å². The predicted octanol–water partition coefficient (Wildman–Crippen LogP) is 3.78. The van der Waals surface area contributed by atoms with E-state index in [0.29, 0.717) is 18.0 Å². The lowest BCUT2D eigenvalue weighted by molar-refractivity contribution is -0.169. The first-order valence-corrected chi connectivity index (χ1v) is 13.0. The number of aliphatic hydroxyl groups is 1. The Bertz CT molecular complexity index is 1020. The number of hydrogen-bond acceptors (Lipinski definition) is 7. The lowest BCUT2D eigenvalue weighted by Crippen LogP contribution is -2.48. The SMILES string of the molecule is C[C@H](C[C@@H](C)C(O)N1c2ccccc2C[C@H]1C(=O)O)C(=O)OCC(=O)OC1CC2CCC1(C)C2(C)C. The number of carbonyl (C=O) groups is 3. The number of nitrogens with zero attached hydrogens (tertiary/aromatic N) is 1. The fraction of sp³-hybridized carbons (Fsp3) is 0.679. The highest BCUT2D eigenvalue weighted by Gasteiger charge is 2.62. The van der Waals surface area contributed by atoms with Crippen molar-refractivity contribution < 1.29 is 34.1 Å². The molecule has 0 amide bonds. The molecule has 2 aliphatic carbocycles. The molecule has 8 heteroatoms. The van der Waals surface area contributed by atoms with E-state index in [1.165, 1.54) is 4.90 Å². The zero-order valence-electron chi connectivity index (χ0n) is 21.9. The third-order valence-corrected chi connectivity index (χ3v) is 9.55. The summed E-state index contributed by atoms with van der Waals surface area (Å²) in [7, 11) is 0. The second-order valence-corrected chi connectivity index (χ2v) is 11.8. The zero-order chi connectivity index (χ0) is 26.4. The van der Waals surface area contributed by atoms with Crippen molar-refractivity contribution in [3.05, 3.63) is 29.8 Å². The van der Waals surface area contributed by atoms with Gasteiger partial charge in [0, 0.05) is 23.4 Å². The second kappa shape index (κ2) is 9.69. The maximum atomic E-state index is 12.6. The molecule has 198 valence electrons. The lowest BCUT2D eigenvalue weighted by Gasteiger charge is -2.38. The minimum absolute atomic E-state index is 0.0573. The van der Waals surface area contributed by atoms with E-state index in [9.17, 15) is 24.6 Å². The molecule has 1 aromatic rings. The first-order chi connectivity index (χ1) is 16.9. The van der Waals surface area contributed by atoms with E-state index in [1.54, 1.807) is 19.9 Å². The maximum Gasteiger partial charge on any atom is 0.344 e. The molecule has 1 aliphatic heterocycles. The third-order valence-electron chi connectivity index (χ3n) is 9.55. The number of carboxylic acid groups (broad SMARTS) is 1. The Labute approximate surface area is 213 Å². The fourth-order valence-electron chi connectivity index (χ4n) is 6.77. The van der Waals surface area contributed by atoms with E-state index >= 15 is 0 Å².